The molecule has 0 bridgehead atoms. The predicted octanol–water partition coefficient (Wildman–Crippen LogP) is 0.198. The van der Waals surface area contributed by atoms with Gasteiger partial charge in [0.15, 0.2) is 0 Å². The Morgan fingerprint density at radius 2 is 2.14 bits per heavy atom. The molecule has 0 aromatic heterocycles. The third-order valence-corrected chi connectivity index (χ3v) is 0.968. The molecule has 0 saturated carbocycles. The number of amides is 1. The summed E-state index contributed by atoms with van der Waals surface area (Å²) in [6, 6.07) is 0. The van der Waals surface area contributed by atoms with Crippen LogP contribution in [0, 0.1) is 0 Å². The number of nitrogens with zero attached hydrogens (tertiary/aromatic N) is 1. The van der Waals surface area contributed by atoms with Gasteiger partial charge in [-0.25, -0.2) is 0 Å². The minimum atomic E-state index is -0.587. The fraction of sp³-hybridized carbons (Fsp3) is 0. The molecule has 0 saturated heterocycles. The van der Waals surface area contributed by atoms with Crippen LogP contribution < -0.4 is 0 Å². The summed E-state index contributed by atoms with van der Waals surface area (Å²) in [7, 11) is 0. The average molecular weight is 252 g/mol. The first kappa shape index (κ1) is 7.76. The van der Waals surface area contributed by atoms with Gasteiger partial charge in [-0.15, -0.1) is 0 Å². The van der Waals surface area contributed by atoms with Crippen LogP contribution in [0.4, 0.5) is 4.79 Å². The number of carbonyl (C=O) groups excluding carboxylic acids is 1. The zero-order valence-electron chi connectivity index (χ0n) is 3.07. The van der Waals surface area contributed by atoms with Crippen molar-refractivity contribution in [3.8, 4) is 0 Å². The van der Waals surface area contributed by atoms with Crippen LogP contribution in [0.25, 0.3) is 0 Å². The van der Waals surface area contributed by atoms with Crippen LogP contribution in [0.5, 0.6) is 0 Å². The van der Waals surface area contributed by atoms with Gasteiger partial charge >= 0.3 is 66.0 Å². The van der Waals surface area contributed by atoms with Crippen molar-refractivity contribution in [2.75, 3.05) is 0 Å². The van der Waals surface area contributed by atoms with Gasteiger partial charge in [-0.3, -0.25) is 0 Å². The molecule has 0 atom stereocenters. The van der Waals surface area contributed by atoms with Crippen molar-refractivity contribution in [3.63, 3.8) is 0 Å². The second kappa shape index (κ2) is 3.72. The van der Waals surface area contributed by atoms with Gasteiger partial charge in [-0.1, -0.05) is 0 Å². The van der Waals surface area contributed by atoms with Crippen molar-refractivity contribution < 1.29 is 7.90 Å². The molecular formula is CH2NO2S2Te. The van der Waals surface area contributed by atoms with E-state index in [0.29, 0.717) is 0 Å². The molecule has 1 amide bonds. The molecule has 6 heteroatoms. The molecule has 0 aromatic rings. The van der Waals surface area contributed by atoms with Crippen molar-refractivity contribution in [3.05, 3.63) is 0 Å². The molecule has 0 N–H and O–H groups in total. The van der Waals surface area contributed by atoms with E-state index in [1.807, 2.05) is 0 Å². The molecule has 0 unspecified atom stereocenters. The molecule has 0 aromatic carbocycles. The Morgan fingerprint density at radius 1 is 1.71 bits per heavy atom. The van der Waals surface area contributed by atoms with Crippen LogP contribution in [0.15, 0.2) is 0 Å². The van der Waals surface area contributed by atoms with Crippen LogP contribution in [-0.4, -0.2) is 32.5 Å². The predicted molar refractivity (Wildman–Crippen MR) is 32.0 cm³/mol. The summed E-state index contributed by atoms with van der Waals surface area (Å²) >= 11 is 8.18. The quantitative estimate of drug-likeness (QED) is 0.476. The summed E-state index contributed by atoms with van der Waals surface area (Å²) in [6.07, 6.45) is -0.587. The van der Waals surface area contributed by atoms with Gasteiger partial charge < -0.3 is 0 Å². The van der Waals surface area contributed by atoms with Gasteiger partial charge in [-0.2, -0.15) is 0 Å². The summed E-state index contributed by atoms with van der Waals surface area (Å²) in [5, 5.41) is 0. The summed E-state index contributed by atoms with van der Waals surface area (Å²) in [5.74, 6) is 0. The Hall–Kier alpha value is 0.760. The Balaban J connectivity index is 3.35. The third kappa shape index (κ3) is 3.35. The molecule has 0 rings (SSSR count). The van der Waals surface area contributed by atoms with Crippen LogP contribution in [0.1, 0.15) is 0 Å². The molecule has 0 heterocycles. The number of hydrogen-bond donors (Lipinski definition) is 2. The molecular weight excluding hydrogens is 250 g/mol. The van der Waals surface area contributed by atoms with E-state index in [0.717, 1.165) is 3.71 Å². The minimum absolute atomic E-state index is 0.587. The van der Waals surface area contributed by atoms with Crippen LogP contribution in [0.2, 0.25) is 0 Å². The van der Waals surface area contributed by atoms with Gasteiger partial charge in [-0.05, 0) is 0 Å². The molecule has 0 spiro atoms. The van der Waals surface area contributed by atoms with Gasteiger partial charge in [0.2, 0.25) is 0 Å². The summed E-state index contributed by atoms with van der Waals surface area (Å²) in [6.45, 7) is 0. The normalized spacial score (nSPS) is 7.86. The molecule has 1 radical (unpaired) electrons. The first-order valence-corrected chi connectivity index (χ1v) is 2.95. The standard InChI is InChI=1S/CH2NO2S2Te/c3-1(4-7)2(5)6/h5-6H. The Bertz CT molecular complexity index is 76.1. The van der Waals surface area contributed by atoms with Crippen molar-refractivity contribution in [1.29, 1.82) is 0 Å². The maximum atomic E-state index is 10.1. The molecule has 0 fully saturated rings. The number of thiol groups is 2. The van der Waals surface area contributed by atoms with E-state index in [4.69, 9.17) is 0 Å². The summed E-state index contributed by atoms with van der Waals surface area (Å²) < 4.78 is 4.91. The van der Waals surface area contributed by atoms with Crippen molar-refractivity contribution in [2.24, 2.45) is 0 Å². The van der Waals surface area contributed by atoms with E-state index in [1.54, 1.807) is 0 Å². The first-order chi connectivity index (χ1) is 3.18. The zero-order chi connectivity index (χ0) is 5.86. The monoisotopic (exact) mass is 254 g/mol. The second-order valence-electron chi connectivity index (χ2n) is 0.639. The molecule has 41 valence electrons. The van der Waals surface area contributed by atoms with E-state index in [2.05, 4.69) is 28.7 Å². The fourth-order valence-electron chi connectivity index (χ4n) is 0.0333. The van der Waals surface area contributed by atoms with Crippen molar-refractivity contribution in [2.45, 2.75) is 0 Å². The first-order valence-electron chi connectivity index (χ1n) is 1.20. The maximum absolute atomic E-state index is 10.1. The topological polar surface area (TPSA) is 29.5 Å². The summed E-state index contributed by atoms with van der Waals surface area (Å²) in [5.41, 5.74) is 0. The van der Waals surface area contributed by atoms with Crippen LogP contribution in [0.3, 0.4) is 0 Å². The number of hydrogen-bond acceptors (Lipinski definition) is 4. The van der Waals surface area contributed by atoms with Crippen molar-refractivity contribution in [1.82, 2.24) is 3.71 Å². The Labute approximate surface area is 65.9 Å². The second-order valence-corrected chi connectivity index (χ2v) is 2.23. The Kier molecular flexibility index (Phi) is 4.13. The van der Waals surface area contributed by atoms with Gasteiger partial charge in [0, 0.05) is 0 Å². The SMILES string of the molecule is O=C(O[Te])N(S)S. The number of rotatable bonds is 0. The fourth-order valence-corrected chi connectivity index (χ4v) is 0.671. The van der Waals surface area contributed by atoms with Crippen LogP contribution >= 0.6 is 25.6 Å². The average Bonchev–Trinajstić information content (AvgIpc) is 1.65. The van der Waals surface area contributed by atoms with E-state index in [9.17, 15) is 4.79 Å². The van der Waals surface area contributed by atoms with Gasteiger partial charge in [0.05, 0.1) is 0 Å². The van der Waals surface area contributed by atoms with Crippen LogP contribution in [-0.2, 0) is 3.10 Å². The third-order valence-electron chi connectivity index (χ3n) is 0.235. The molecule has 7 heavy (non-hydrogen) atoms. The molecule has 0 aliphatic heterocycles. The molecule has 0 aliphatic rings. The molecule has 3 nitrogen and oxygen atoms in total. The van der Waals surface area contributed by atoms with Crippen molar-refractivity contribution >= 4 is 54.4 Å². The van der Waals surface area contributed by atoms with E-state index < -0.39 is 6.09 Å². The van der Waals surface area contributed by atoms with Gasteiger partial charge in [0.25, 0.3) is 0 Å². The number of carbonyl (C=O) groups is 1. The Morgan fingerprint density at radius 3 is 2.14 bits per heavy atom. The van der Waals surface area contributed by atoms with E-state index in [-0.39, 0.29) is 0 Å². The van der Waals surface area contributed by atoms with Gasteiger partial charge in [0.1, 0.15) is 0 Å². The van der Waals surface area contributed by atoms with E-state index >= 15 is 0 Å². The van der Waals surface area contributed by atoms with E-state index in [1.165, 1.54) is 22.7 Å². The molecule has 0 aliphatic carbocycles. The zero-order valence-corrected chi connectivity index (χ0v) is 7.19. The summed E-state index contributed by atoms with van der Waals surface area (Å²) in [4.78, 5) is 10.1.